The SMILES string of the molecule is CC.CNc1cc(CO)ccc1OC1OC(CO)C(O)C(O)C1O. The fourth-order valence-electron chi connectivity index (χ4n) is 2.26. The van der Waals surface area contributed by atoms with Gasteiger partial charge in [-0.25, -0.2) is 0 Å². The lowest BCUT2D eigenvalue weighted by atomic mass is 9.99. The zero-order chi connectivity index (χ0) is 18.3. The van der Waals surface area contributed by atoms with E-state index in [1.165, 1.54) is 0 Å². The van der Waals surface area contributed by atoms with Crippen LogP contribution in [0.2, 0.25) is 0 Å². The highest BCUT2D eigenvalue weighted by Gasteiger charge is 2.44. The minimum Gasteiger partial charge on any atom is -0.460 e. The van der Waals surface area contributed by atoms with Gasteiger partial charge in [-0.3, -0.25) is 0 Å². The van der Waals surface area contributed by atoms with Crippen molar-refractivity contribution in [2.45, 2.75) is 51.2 Å². The van der Waals surface area contributed by atoms with E-state index in [0.717, 1.165) is 0 Å². The molecule has 24 heavy (non-hydrogen) atoms. The first-order valence-corrected chi connectivity index (χ1v) is 7.90. The summed E-state index contributed by atoms with van der Waals surface area (Å²) in [5.74, 6) is 0.337. The maximum absolute atomic E-state index is 9.94. The van der Waals surface area contributed by atoms with Crippen LogP contribution in [0.4, 0.5) is 5.69 Å². The first-order valence-electron chi connectivity index (χ1n) is 7.90. The van der Waals surface area contributed by atoms with Crippen LogP contribution in [0.3, 0.4) is 0 Å². The van der Waals surface area contributed by atoms with Crippen molar-refractivity contribution in [3.63, 3.8) is 0 Å². The van der Waals surface area contributed by atoms with Gasteiger partial charge in [0.1, 0.15) is 30.2 Å². The van der Waals surface area contributed by atoms with Crippen LogP contribution in [0.25, 0.3) is 0 Å². The molecule has 2 rings (SSSR count). The second-order valence-corrected chi connectivity index (χ2v) is 5.05. The molecular weight excluding hydrogens is 318 g/mol. The average Bonchev–Trinajstić information content (AvgIpc) is 2.63. The molecule has 6 N–H and O–H groups in total. The van der Waals surface area contributed by atoms with Gasteiger partial charge in [-0.1, -0.05) is 19.9 Å². The van der Waals surface area contributed by atoms with E-state index in [0.29, 0.717) is 17.0 Å². The first-order chi connectivity index (χ1) is 11.5. The summed E-state index contributed by atoms with van der Waals surface area (Å²) in [4.78, 5) is 0. The number of benzene rings is 1. The summed E-state index contributed by atoms with van der Waals surface area (Å²) in [5, 5.41) is 50.6. The molecule has 8 nitrogen and oxygen atoms in total. The molecule has 0 spiro atoms. The van der Waals surface area contributed by atoms with E-state index in [-0.39, 0.29) is 6.61 Å². The van der Waals surface area contributed by atoms with Gasteiger partial charge in [0.25, 0.3) is 0 Å². The van der Waals surface area contributed by atoms with E-state index in [9.17, 15) is 15.3 Å². The van der Waals surface area contributed by atoms with Gasteiger partial charge in [0.15, 0.2) is 0 Å². The largest absolute Gasteiger partial charge is 0.460 e. The molecule has 5 unspecified atom stereocenters. The van der Waals surface area contributed by atoms with Crippen molar-refractivity contribution in [3.05, 3.63) is 23.8 Å². The van der Waals surface area contributed by atoms with Gasteiger partial charge in [-0.05, 0) is 17.7 Å². The normalized spacial score (nSPS) is 29.4. The number of ether oxygens (including phenoxy) is 2. The Kier molecular flexibility index (Phi) is 8.40. The molecule has 0 radical (unpaired) electrons. The monoisotopic (exact) mass is 345 g/mol. The maximum atomic E-state index is 9.94. The first kappa shape index (κ1) is 20.6. The highest BCUT2D eigenvalue weighted by atomic mass is 16.7. The molecule has 0 amide bonds. The summed E-state index contributed by atoms with van der Waals surface area (Å²) in [6, 6.07) is 4.89. The molecule has 1 aromatic carbocycles. The number of nitrogens with one attached hydrogen (secondary N) is 1. The van der Waals surface area contributed by atoms with E-state index < -0.39 is 37.3 Å². The summed E-state index contributed by atoms with van der Waals surface area (Å²) < 4.78 is 10.8. The van der Waals surface area contributed by atoms with E-state index in [1.807, 2.05) is 13.8 Å². The van der Waals surface area contributed by atoms with Crippen molar-refractivity contribution in [2.75, 3.05) is 19.0 Å². The van der Waals surface area contributed by atoms with Gasteiger partial charge < -0.3 is 40.3 Å². The fourth-order valence-corrected chi connectivity index (χ4v) is 2.26. The Morgan fingerprint density at radius 3 is 2.29 bits per heavy atom. The molecule has 0 aromatic heterocycles. The molecule has 1 aliphatic rings. The molecule has 1 aliphatic heterocycles. The van der Waals surface area contributed by atoms with Crippen LogP contribution in [-0.4, -0.2) is 69.9 Å². The van der Waals surface area contributed by atoms with Crippen molar-refractivity contribution in [2.24, 2.45) is 0 Å². The highest BCUT2D eigenvalue weighted by molar-refractivity contribution is 5.57. The molecule has 1 aromatic rings. The summed E-state index contributed by atoms with van der Waals surface area (Å²) in [7, 11) is 1.66. The zero-order valence-corrected chi connectivity index (χ0v) is 14.1. The Balaban J connectivity index is 0.00000139. The summed E-state index contributed by atoms with van der Waals surface area (Å²) in [6.07, 6.45) is -6.67. The minimum absolute atomic E-state index is 0.130. The van der Waals surface area contributed by atoms with Crippen molar-refractivity contribution < 1.29 is 35.0 Å². The standard InChI is InChI=1S/C14H21NO7.C2H6/c1-15-8-4-7(5-16)2-3-9(8)21-14-13(20)12(19)11(18)10(6-17)22-14;1-2/h2-4,10-20H,5-6H2,1H3;1-2H3. The van der Waals surface area contributed by atoms with Crippen LogP contribution in [0.1, 0.15) is 19.4 Å². The Labute approximate surface area is 141 Å². The Bertz CT molecular complexity index is 497. The van der Waals surface area contributed by atoms with E-state index >= 15 is 0 Å². The topological polar surface area (TPSA) is 132 Å². The van der Waals surface area contributed by atoms with Crippen molar-refractivity contribution in [3.8, 4) is 5.75 Å². The van der Waals surface area contributed by atoms with Crippen molar-refractivity contribution >= 4 is 5.69 Å². The molecule has 0 bridgehead atoms. The van der Waals surface area contributed by atoms with Crippen LogP contribution in [-0.2, 0) is 11.3 Å². The van der Waals surface area contributed by atoms with Gasteiger partial charge in [0, 0.05) is 7.05 Å². The third kappa shape index (κ3) is 4.56. The molecule has 1 fully saturated rings. The molecule has 5 atom stereocenters. The summed E-state index contributed by atoms with van der Waals surface area (Å²) in [6.45, 7) is 3.35. The molecule has 1 saturated heterocycles. The van der Waals surface area contributed by atoms with E-state index in [4.69, 9.17) is 19.7 Å². The Morgan fingerprint density at radius 2 is 1.75 bits per heavy atom. The number of hydrogen-bond donors (Lipinski definition) is 6. The number of hydrogen-bond acceptors (Lipinski definition) is 8. The lowest BCUT2D eigenvalue weighted by Crippen LogP contribution is -2.60. The molecule has 1 heterocycles. The molecule has 0 saturated carbocycles. The third-order valence-corrected chi connectivity index (χ3v) is 3.59. The predicted molar refractivity (Wildman–Crippen MR) is 87.7 cm³/mol. The van der Waals surface area contributed by atoms with Crippen LogP contribution in [0.5, 0.6) is 5.75 Å². The highest BCUT2D eigenvalue weighted by Crippen LogP contribution is 2.30. The average molecular weight is 345 g/mol. The van der Waals surface area contributed by atoms with E-state index in [2.05, 4.69) is 5.32 Å². The molecule has 8 heteroatoms. The smallest absolute Gasteiger partial charge is 0.229 e. The van der Waals surface area contributed by atoms with Crippen LogP contribution >= 0.6 is 0 Å². The fraction of sp³-hybridized carbons (Fsp3) is 0.625. The number of aliphatic hydroxyl groups is 5. The van der Waals surface area contributed by atoms with Crippen molar-refractivity contribution in [1.82, 2.24) is 0 Å². The summed E-state index contributed by atoms with van der Waals surface area (Å²) >= 11 is 0. The van der Waals surface area contributed by atoms with Gasteiger partial charge >= 0.3 is 0 Å². The third-order valence-electron chi connectivity index (χ3n) is 3.59. The van der Waals surface area contributed by atoms with Gasteiger partial charge in [0.2, 0.25) is 6.29 Å². The van der Waals surface area contributed by atoms with Gasteiger partial charge in [0.05, 0.1) is 18.9 Å². The minimum atomic E-state index is -1.49. The lowest BCUT2D eigenvalue weighted by Gasteiger charge is -2.39. The van der Waals surface area contributed by atoms with Crippen LogP contribution in [0, 0.1) is 0 Å². The zero-order valence-electron chi connectivity index (χ0n) is 14.1. The van der Waals surface area contributed by atoms with Crippen LogP contribution < -0.4 is 10.1 Å². The second kappa shape index (κ2) is 9.77. The molecule has 0 aliphatic carbocycles. The Morgan fingerprint density at radius 1 is 1.08 bits per heavy atom. The molecule has 138 valence electrons. The summed E-state index contributed by atoms with van der Waals surface area (Å²) in [5.41, 5.74) is 1.23. The van der Waals surface area contributed by atoms with E-state index in [1.54, 1.807) is 25.2 Å². The Hall–Kier alpha value is -1.42. The van der Waals surface area contributed by atoms with Gasteiger partial charge in [-0.15, -0.1) is 0 Å². The molecular formula is C16H27NO7. The lowest BCUT2D eigenvalue weighted by molar-refractivity contribution is -0.277. The number of aliphatic hydroxyl groups excluding tert-OH is 5. The predicted octanol–water partition coefficient (Wildman–Crippen LogP) is -0.575. The van der Waals surface area contributed by atoms with Crippen LogP contribution in [0.15, 0.2) is 18.2 Å². The second-order valence-electron chi connectivity index (χ2n) is 5.05. The van der Waals surface area contributed by atoms with Gasteiger partial charge in [-0.2, -0.15) is 0 Å². The number of anilines is 1. The number of rotatable bonds is 5. The quantitative estimate of drug-likeness (QED) is 0.418. The van der Waals surface area contributed by atoms with Crippen molar-refractivity contribution in [1.29, 1.82) is 0 Å². The maximum Gasteiger partial charge on any atom is 0.229 e.